The summed E-state index contributed by atoms with van der Waals surface area (Å²) in [5, 5.41) is 7.85. The summed E-state index contributed by atoms with van der Waals surface area (Å²) in [6.07, 6.45) is 1.77. The molecule has 0 atom stereocenters. The van der Waals surface area contributed by atoms with Crippen LogP contribution in [0.4, 0.5) is 0 Å². The van der Waals surface area contributed by atoms with Crippen LogP contribution in [-0.4, -0.2) is 35.1 Å². The monoisotopic (exact) mass is 316 g/mol. The summed E-state index contributed by atoms with van der Waals surface area (Å²) < 4.78 is 33.3. The van der Waals surface area contributed by atoms with Gasteiger partial charge in [-0.3, -0.25) is 4.79 Å². The standard InChI is InChI=1S/C13H20N2O5S/c1-4-5-6-15-13(16)9-7-10(19-2)12(20-3)11(8-9)21(14,17)18/h7-8H,4-6H2,1-3H3,(H,15,16)(H2,14,17,18). The van der Waals surface area contributed by atoms with Crippen molar-refractivity contribution in [3.8, 4) is 11.5 Å². The minimum absolute atomic E-state index is 0.0230. The molecule has 1 aromatic carbocycles. The maximum atomic E-state index is 12.0. The number of ether oxygens (including phenoxy) is 2. The third-order valence-corrected chi connectivity index (χ3v) is 3.75. The quantitative estimate of drug-likeness (QED) is 0.726. The number of amides is 1. The van der Waals surface area contributed by atoms with E-state index in [0.29, 0.717) is 6.54 Å². The van der Waals surface area contributed by atoms with Crippen molar-refractivity contribution in [2.45, 2.75) is 24.7 Å². The van der Waals surface area contributed by atoms with Crippen LogP contribution in [0.5, 0.6) is 11.5 Å². The lowest BCUT2D eigenvalue weighted by atomic mass is 10.2. The van der Waals surface area contributed by atoms with E-state index in [2.05, 4.69) is 5.32 Å². The minimum atomic E-state index is -4.04. The number of hydrogen-bond acceptors (Lipinski definition) is 5. The van der Waals surface area contributed by atoms with Crippen LogP contribution in [0.25, 0.3) is 0 Å². The van der Waals surface area contributed by atoms with Gasteiger partial charge in [-0.15, -0.1) is 0 Å². The van der Waals surface area contributed by atoms with Crippen LogP contribution in [0.15, 0.2) is 17.0 Å². The van der Waals surface area contributed by atoms with Crippen molar-refractivity contribution in [1.29, 1.82) is 0 Å². The normalized spacial score (nSPS) is 11.0. The molecule has 0 unspecified atom stereocenters. The molecule has 118 valence electrons. The molecule has 0 bridgehead atoms. The summed E-state index contributed by atoms with van der Waals surface area (Å²) in [5.74, 6) is -0.288. The highest BCUT2D eigenvalue weighted by molar-refractivity contribution is 7.89. The third-order valence-electron chi connectivity index (χ3n) is 2.83. The Hall–Kier alpha value is -1.80. The fraction of sp³-hybridized carbons (Fsp3) is 0.462. The molecule has 0 spiro atoms. The zero-order chi connectivity index (χ0) is 16.0. The van der Waals surface area contributed by atoms with E-state index in [1.54, 1.807) is 0 Å². The molecule has 1 amide bonds. The first-order chi connectivity index (χ1) is 9.85. The summed E-state index contributed by atoms with van der Waals surface area (Å²) in [7, 11) is -1.39. The van der Waals surface area contributed by atoms with Crippen LogP contribution in [-0.2, 0) is 10.0 Å². The topological polar surface area (TPSA) is 108 Å². The van der Waals surface area contributed by atoms with Gasteiger partial charge in [-0.25, -0.2) is 13.6 Å². The molecule has 1 rings (SSSR count). The second-order valence-corrected chi connectivity index (χ2v) is 5.89. The van der Waals surface area contributed by atoms with E-state index in [0.717, 1.165) is 12.8 Å². The van der Waals surface area contributed by atoms with E-state index < -0.39 is 15.9 Å². The Balaban J connectivity index is 3.27. The van der Waals surface area contributed by atoms with Gasteiger partial charge in [0.2, 0.25) is 10.0 Å². The Morgan fingerprint density at radius 1 is 1.29 bits per heavy atom. The SMILES string of the molecule is CCCCNC(=O)c1cc(OC)c(OC)c(S(N)(=O)=O)c1. The Labute approximate surface area is 124 Å². The predicted octanol–water partition coefficient (Wildman–Crippen LogP) is 0.881. The van der Waals surface area contributed by atoms with E-state index in [1.165, 1.54) is 26.4 Å². The molecule has 0 heterocycles. The van der Waals surface area contributed by atoms with Crippen molar-refractivity contribution in [3.63, 3.8) is 0 Å². The van der Waals surface area contributed by atoms with Crippen LogP contribution in [0.1, 0.15) is 30.1 Å². The Morgan fingerprint density at radius 2 is 1.95 bits per heavy atom. The van der Waals surface area contributed by atoms with Crippen molar-refractivity contribution in [3.05, 3.63) is 17.7 Å². The molecule has 0 saturated heterocycles. The van der Waals surface area contributed by atoms with Crippen molar-refractivity contribution < 1.29 is 22.7 Å². The number of benzene rings is 1. The van der Waals surface area contributed by atoms with Gasteiger partial charge in [-0.1, -0.05) is 13.3 Å². The van der Waals surface area contributed by atoms with Gasteiger partial charge in [0.15, 0.2) is 11.5 Å². The van der Waals surface area contributed by atoms with E-state index in [4.69, 9.17) is 14.6 Å². The summed E-state index contributed by atoms with van der Waals surface area (Å²) in [4.78, 5) is 11.7. The van der Waals surface area contributed by atoms with Gasteiger partial charge in [0.1, 0.15) is 4.90 Å². The van der Waals surface area contributed by atoms with Crippen LogP contribution < -0.4 is 19.9 Å². The number of carbonyl (C=O) groups is 1. The fourth-order valence-corrected chi connectivity index (χ4v) is 2.49. The molecular formula is C13H20N2O5S. The van der Waals surface area contributed by atoms with Gasteiger partial charge in [0.05, 0.1) is 14.2 Å². The number of primary sulfonamides is 1. The lowest BCUT2D eigenvalue weighted by molar-refractivity contribution is 0.0952. The number of carbonyl (C=O) groups excluding carboxylic acids is 1. The van der Waals surface area contributed by atoms with E-state index in [-0.39, 0.29) is 22.0 Å². The molecule has 0 aliphatic heterocycles. The van der Waals surface area contributed by atoms with Crippen LogP contribution in [0, 0.1) is 0 Å². The Bertz CT molecular complexity index is 613. The van der Waals surface area contributed by atoms with E-state index in [9.17, 15) is 13.2 Å². The third kappa shape index (κ3) is 4.33. The number of unbranched alkanes of at least 4 members (excludes halogenated alkanes) is 1. The highest BCUT2D eigenvalue weighted by Gasteiger charge is 2.22. The van der Waals surface area contributed by atoms with Gasteiger partial charge in [-0.2, -0.15) is 0 Å². The minimum Gasteiger partial charge on any atom is -0.493 e. The first-order valence-electron chi connectivity index (χ1n) is 6.42. The van der Waals surface area contributed by atoms with Crippen molar-refractivity contribution >= 4 is 15.9 Å². The summed E-state index contributed by atoms with van der Waals surface area (Å²) in [5.41, 5.74) is 0.146. The molecule has 0 fully saturated rings. The van der Waals surface area contributed by atoms with Gasteiger partial charge >= 0.3 is 0 Å². The largest absolute Gasteiger partial charge is 0.493 e. The summed E-state index contributed by atoms with van der Waals surface area (Å²) >= 11 is 0. The zero-order valence-electron chi connectivity index (χ0n) is 12.3. The molecule has 0 aromatic heterocycles. The summed E-state index contributed by atoms with van der Waals surface area (Å²) in [6.45, 7) is 2.51. The van der Waals surface area contributed by atoms with Crippen LogP contribution in [0.3, 0.4) is 0 Å². The van der Waals surface area contributed by atoms with Crippen molar-refractivity contribution in [1.82, 2.24) is 5.32 Å². The van der Waals surface area contributed by atoms with Crippen molar-refractivity contribution in [2.24, 2.45) is 5.14 Å². The van der Waals surface area contributed by atoms with Gasteiger partial charge in [-0.05, 0) is 18.6 Å². The van der Waals surface area contributed by atoms with Crippen LogP contribution >= 0.6 is 0 Å². The number of nitrogens with one attached hydrogen (secondary N) is 1. The first kappa shape index (κ1) is 17.3. The zero-order valence-corrected chi connectivity index (χ0v) is 13.1. The van der Waals surface area contributed by atoms with Crippen molar-refractivity contribution in [2.75, 3.05) is 20.8 Å². The summed E-state index contributed by atoms with van der Waals surface area (Å²) in [6, 6.07) is 2.59. The fourth-order valence-electron chi connectivity index (χ4n) is 1.75. The van der Waals surface area contributed by atoms with Gasteiger partial charge < -0.3 is 14.8 Å². The Morgan fingerprint density at radius 3 is 2.43 bits per heavy atom. The van der Waals surface area contributed by atoms with E-state index in [1.807, 2.05) is 6.92 Å². The number of nitrogens with two attached hydrogens (primary N) is 1. The first-order valence-corrected chi connectivity index (χ1v) is 7.96. The molecule has 1 aromatic rings. The Kier molecular flexibility index (Phi) is 5.98. The average molecular weight is 316 g/mol. The van der Waals surface area contributed by atoms with Gasteiger partial charge in [0, 0.05) is 12.1 Å². The maximum absolute atomic E-state index is 12.0. The molecule has 7 nitrogen and oxygen atoms in total. The van der Waals surface area contributed by atoms with Gasteiger partial charge in [0.25, 0.3) is 5.91 Å². The molecule has 3 N–H and O–H groups in total. The second-order valence-electron chi connectivity index (χ2n) is 4.36. The lowest BCUT2D eigenvalue weighted by Crippen LogP contribution is -2.25. The lowest BCUT2D eigenvalue weighted by Gasteiger charge is -2.13. The number of methoxy groups -OCH3 is 2. The average Bonchev–Trinajstić information content (AvgIpc) is 2.44. The smallest absolute Gasteiger partial charge is 0.251 e. The molecule has 8 heteroatoms. The molecule has 0 saturated carbocycles. The number of sulfonamides is 1. The van der Waals surface area contributed by atoms with E-state index >= 15 is 0 Å². The highest BCUT2D eigenvalue weighted by Crippen LogP contribution is 2.34. The number of hydrogen-bond donors (Lipinski definition) is 2. The maximum Gasteiger partial charge on any atom is 0.251 e. The molecule has 21 heavy (non-hydrogen) atoms. The molecular weight excluding hydrogens is 296 g/mol. The highest BCUT2D eigenvalue weighted by atomic mass is 32.2. The molecule has 0 aliphatic carbocycles. The molecule has 0 radical (unpaired) electrons. The number of rotatable bonds is 7. The van der Waals surface area contributed by atoms with Crippen LogP contribution in [0.2, 0.25) is 0 Å². The molecule has 0 aliphatic rings. The second kappa shape index (κ2) is 7.28. The predicted molar refractivity (Wildman–Crippen MR) is 78.2 cm³/mol.